The molecule has 2 N–H and O–H groups in total. The van der Waals surface area contributed by atoms with E-state index in [4.69, 9.17) is 4.74 Å². The number of aryl methyl sites for hydroxylation is 2. The van der Waals surface area contributed by atoms with Crippen LogP contribution >= 0.6 is 0 Å². The molecule has 1 aromatic heterocycles. The van der Waals surface area contributed by atoms with Crippen molar-refractivity contribution >= 4 is 5.96 Å². The second-order valence-corrected chi connectivity index (χ2v) is 7.51. The van der Waals surface area contributed by atoms with Gasteiger partial charge < -0.3 is 15.4 Å². The van der Waals surface area contributed by atoms with Crippen LogP contribution in [0.2, 0.25) is 0 Å². The van der Waals surface area contributed by atoms with E-state index in [1.54, 1.807) is 7.11 Å². The molecule has 0 spiro atoms. The van der Waals surface area contributed by atoms with E-state index in [0.717, 1.165) is 50.7 Å². The molecule has 7 nitrogen and oxygen atoms in total. The van der Waals surface area contributed by atoms with Gasteiger partial charge in [-0.1, -0.05) is 18.2 Å². The van der Waals surface area contributed by atoms with Gasteiger partial charge in [-0.2, -0.15) is 5.10 Å². The molecule has 1 fully saturated rings. The number of para-hydroxylation sites is 1. The van der Waals surface area contributed by atoms with E-state index < -0.39 is 0 Å². The van der Waals surface area contributed by atoms with Gasteiger partial charge in [0.05, 0.1) is 19.3 Å². The van der Waals surface area contributed by atoms with E-state index in [1.807, 2.05) is 37.1 Å². The number of aromatic nitrogens is 2. The van der Waals surface area contributed by atoms with Crippen molar-refractivity contribution in [3.8, 4) is 5.75 Å². The molecule has 0 saturated carbocycles. The molecule has 1 saturated heterocycles. The molecule has 2 aromatic rings. The molecule has 0 aliphatic carbocycles. The second-order valence-electron chi connectivity index (χ2n) is 7.51. The zero-order valence-electron chi connectivity index (χ0n) is 17.9. The molecule has 0 bridgehead atoms. The Morgan fingerprint density at radius 1 is 1.24 bits per heavy atom. The van der Waals surface area contributed by atoms with Crippen LogP contribution in [0.5, 0.6) is 5.75 Å². The van der Waals surface area contributed by atoms with Crippen LogP contribution < -0.4 is 15.4 Å². The number of aliphatic imine (C=N–C) groups is 1. The number of guanidine groups is 1. The van der Waals surface area contributed by atoms with Crippen molar-refractivity contribution in [2.45, 2.75) is 31.7 Å². The van der Waals surface area contributed by atoms with Crippen molar-refractivity contribution in [2.75, 3.05) is 40.3 Å². The summed E-state index contributed by atoms with van der Waals surface area (Å²) < 4.78 is 7.48. The SMILES string of the molecule is CN=C(NCCCc1cnn(C)c1)NCC(c1ccccc1OC)N1CCCC1. The Balaban J connectivity index is 1.54. The lowest BCUT2D eigenvalue weighted by atomic mass is 10.0. The minimum Gasteiger partial charge on any atom is -0.496 e. The van der Waals surface area contributed by atoms with Crippen LogP contribution in [0, 0.1) is 0 Å². The number of likely N-dealkylation sites (tertiary alicyclic amines) is 1. The summed E-state index contributed by atoms with van der Waals surface area (Å²) in [6.07, 6.45) is 8.56. The number of benzene rings is 1. The van der Waals surface area contributed by atoms with Crippen molar-refractivity contribution in [2.24, 2.45) is 12.0 Å². The van der Waals surface area contributed by atoms with Gasteiger partial charge in [0, 0.05) is 38.9 Å². The van der Waals surface area contributed by atoms with Crippen LogP contribution in [-0.2, 0) is 13.5 Å². The number of nitrogens with zero attached hydrogens (tertiary/aromatic N) is 4. The third kappa shape index (κ3) is 5.97. The molecule has 1 unspecified atom stereocenters. The fourth-order valence-electron chi connectivity index (χ4n) is 3.94. The van der Waals surface area contributed by atoms with Crippen molar-refractivity contribution in [1.82, 2.24) is 25.3 Å². The van der Waals surface area contributed by atoms with Gasteiger partial charge >= 0.3 is 0 Å². The first kappa shape index (κ1) is 21.2. The van der Waals surface area contributed by atoms with Crippen LogP contribution in [0.4, 0.5) is 0 Å². The van der Waals surface area contributed by atoms with Gasteiger partial charge in [-0.15, -0.1) is 0 Å². The number of rotatable bonds is 9. The Hall–Kier alpha value is -2.54. The first-order chi connectivity index (χ1) is 14.2. The van der Waals surface area contributed by atoms with Crippen molar-refractivity contribution in [3.05, 3.63) is 47.8 Å². The Kier molecular flexibility index (Phi) is 7.93. The average Bonchev–Trinajstić information content (AvgIpc) is 3.42. The summed E-state index contributed by atoms with van der Waals surface area (Å²) in [6, 6.07) is 8.60. The fraction of sp³-hybridized carbons (Fsp3) is 0.545. The largest absolute Gasteiger partial charge is 0.496 e. The average molecular weight is 399 g/mol. The summed E-state index contributed by atoms with van der Waals surface area (Å²) in [5.74, 6) is 1.79. The summed E-state index contributed by atoms with van der Waals surface area (Å²) >= 11 is 0. The molecule has 1 aromatic carbocycles. The molecule has 2 heterocycles. The zero-order valence-corrected chi connectivity index (χ0v) is 17.9. The van der Waals surface area contributed by atoms with Crippen LogP contribution in [-0.4, -0.2) is 61.0 Å². The van der Waals surface area contributed by atoms with Crippen molar-refractivity contribution < 1.29 is 4.74 Å². The van der Waals surface area contributed by atoms with E-state index in [-0.39, 0.29) is 6.04 Å². The fourth-order valence-corrected chi connectivity index (χ4v) is 3.94. The lowest BCUT2D eigenvalue weighted by molar-refractivity contribution is 0.239. The standard InChI is InChI=1S/C22H34N6O/c1-23-22(24-12-8-9-18-15-26-27(2)17-18)25-16-20(28-13-6-7-14-28)19-10-4-5-11-21(19)29-3/h4-5,10-11,15,17,20H,6-9,12-14,16H2,1-3H3,(H2,23,24,25). The first-order valence-corrected chi connectivity index (χ1v) is 10.5. The third-order valence-electron chi connectivity index (χ3n) is 5.46. The highest BCUT2D eigenvalue weighted by Gasteiger charge is 2.25. The maximum atomic E-state index is 5.64. The van der Waals surface area contributed by atoms with Crippen LogP contribution in [0.3, 0.4) is 0 Å². The van der Waals surface area contributed by atoms with E-state index in [2.05, 4.69) is 44.0 Å². The monoisotopic (exact) mass is 398 g/mol. The Morgan fingerprint density at radius 2 is 2.03 bits per heavy atom. The highest BCUT2D eigenvalue weighted by atomic mass is 16.5. The van der Waals surface area contributed by atoms with Gasteiger partial charge in [0.2, 0.25) is 0 Å². The minimum absolute atomic E-state index is 0.266. The molecule has 1 aliphatic heterocycles. The van der Waals surface area contributed by atoms with Gasteiger partial charge in [-0.05, 0) is 50.4 Å². The maximum absolute atomic E-state index is 5.64. The van der Waals surface area contributed by atoms with Gasteiger partial charge in [-0.25, -0.2) is 0 Å². The van der Waals surface area contributed by atoms with E-state index in [0.29, 0.717) is 0 Å². The summed E-state index contributed by atoms with van der Waals surface area (Å²) in [6.45, 7) is 3.92. The molecular formula is C22H34N6O. The second kappa shape index (κ2) is 10.9. The zero-order chi connectivity index (χ0) is 20.5. The van der Waals surface area contributed by atoms with Crippen molar-refractivity contribution in [3.63, 3.8) is 0 Å². The lowest BCUT2D eigenvalue weighted by Gasteiger charge is -2.30. The minimum atomic E-state index is 0.266. The quantitative estimate of drug-likeness (QED) is 0.386. The highest BCUT2D eigenvalue weighted by molar-refractivity contribution is 5.79. The normalized spacial score (nSPS) is 16.0. The number of hydrogen-bond donors (Lipinski definition) is 2. The van der Waals surface area contributed by atoms with Crippen LogP contribution in [0.1, 0.15) is 36.4 Å². The van der Waals surface area contributed by atoms with Gasteiger partial charge in [0.25, 0.3) is 0 Å². The van der Waals surface area contributed by atoms with Crippen molar-refractivity contribution in [1.29, 1.82) is 0 Å². The van der Waals surface area contributed by atoms with E-state index >= 15 is 0 Å². The van der Waals surface area contributed by atoms with E-state index in [9.17, 15) is 0 Å². The molecule has 0 radical (unpaired) electrons. The summed E-state index contributed by atoms with van der Waals surface area (Å²) in [7, 11) is 5.52. The van der Waals surface area contributed by atoms with Gasteiger partial charge in [0.1, 0.15) is 5.75 Å². The highest BCUT2D eigenvalue weighted by Crippen LogP contribution is 2.31. The molecule has 0 amide bonds. The Labute approximate surface area is 174 Å². The van der Waals surface area contributed by atoms with Crippen LogP contribution in [0.25, 0.3) is 0 Å². The van der Waals surface area contributed by atoms with Gasteiger partial charge in [-0.3, -0.25) is 14.6 Å². The number of nitrogens with one attached hydrogen (secondary N) is 2. The predicted octanol–water partition coefficient (Wildman–Crippen LogP) is 2.36. The summed E-state index contributed by atoms with van der Waals surface area (Å²) in [5.41, 5.74) is 2.50. The lowest BCUT2D eigenvalue weighted by Crippen LogP contribution is -2.43. The summed E-state index contributed by atoms with van der Waals surface area (Å²) in [5, 5.41) is 11.2. The molecule has 7 heteroatoms. The Morgan fingerprint density at radius 3 is 2.72 bits per heavy atom. The molecular weight excluding hydrogens is 364 g/mol. The number of ether oxygens (including phenoxy) is 1. The topological polar surface area (TPSA) is 66.7 Å². The molecule has 1 aliphatic rings. The molecule has 1 atom stereocenters. The number of methoxy groups -OCH3 is 1. The Bertz CT molecular complexity index is 781. The molecule has 3 rings (SSSR count). The molecule has 158 valence electrons. The number of hydrogen-bond acceptors (Lipinski definition) is 4. The summed E-state index contributed by atoms with van der Waals surface area (Å²) in [4.78, 5) is 6.94. The first-order valence-electron chi connectivity index (χ1n) is 10.5. The molecule has 29 heavy (non-hydrogen) atoms. The maximum Gasteiger partial charge on any atom is 0.191 e. The predicted molar refractivity (Wildman–Crippen MR) is 117 cm³/mol. The van der Waals surface area contributed by atoms with Crippen LogP contribution in [0.15, 0.2) is 41.7 Å². The van der Waals surface area contributed by atoms with E-state index in [1.165, 1.54) is 24.0 Å². The third-order valence-corrected chi connectivity index (χ3v) is 5.46. The van der Waals surface area contributed by atoms with Gasteiger partial charge in [0.15, 0.2) is 5.96 Å². The smallest absolute Gasteiger partial charge is 0.191 e.